The number of rotatable bonds is 1. The molecule has 3 rings (SSSR count). The number of para-hydroxylation sites is 1. The number of hydrogen-bond donors (Lipinski definition) is 1. The second-order valence-electron chi connectivity index (χ2n) is 5.64. The summed E-state index contributed by atoms with van der Waals surface area (Å²) in [7, 11) is 0. The number of piperidine rings is 1. The Morgan fingerprint density at radius 1 is 1.17 bits per heavy atom. The first-order valence-electron chi connectivity index (χ1n) is 7.10. The van der Waals surface area contributed by atoms with Gasteiger partial charge in [-0.3, -0.25) is 4.90 Å². The van der Waals surface area contributed by atoms with Crippen molar-refractivity contribution in [2.75, 3.05) is 36.8 Å². The average Bonchev–Trinajstić information content (AvgIpc) is 2.41. The van der Waals surface area contributed by atoms with Crippen molar-refractivity contribution < 1.29 is 0 Å². The highest BCUT2D eigenvalue weighted by molar-refractivity contribution is 5.71. The minimum Gasteiger partial charge on any atom is -0.397 e. The Morgan fingerprint density at radius 2 is 2.06 bits per heavy atom. The van der Waals surface area contributed by atoms with Crippen LogP contribution in [0.5, 0.6) is 0 Å². The second kappa shape index (κ2) is 4.81. The third kappa shape index (κ3) is 2.07. The Bertz CT molecular complexity index is 430. The van der Waals surface area contributed by atoms with Crippen LogP contribution in [0, 0.1) is 6.92 Å². The predicted molar refractivity (Wildman–Crippen MR) is 77.0 cm³/mol. The summed E-state index contributed by atoms with van der Waals surface area (Å²) in [5.74, 6) is 0. The molecule has 1 aromatic rings. The minimum atomic E-state index is 0.743. The van der Waals surface area contributed by atoms with Crippen molar-refractivity contribution >= 4 is 11.4 Å². The van der Waals surface area contributed by atoms with Crippen LogP contribution in [0.2, 0.25) is 0 Å². The largest absolute Gasteiger partial charge is 0.397 e. The molecule has 0 aromatic heterocycles. The lowest BCUT2D eigenvalue weighted by Crippen LogP contribution is -2.55. The molecule has 2 aliphatic heterocycles. The van der Waals surface area contributed by atoms with Crippen LogP contribution < -0.4 is 10.6 Å². The van der Waals surface area contributed by atoms with E-state index in [0.29, 0.717) is 0 Å². The highest BCUT2D eigenvalue weighted by atomic mass is 15.3. The highest BCUT2D eigenvalue weighted by Crippen LogP contribution is 2.30. The van der Waals surface area contributed by atoms with E-state index in [1.54, 1.807) is 0 Å². The molecule has 1 atom stereocenters. The summed E-state index contributed by atoms with van der Waals surface area (Å²) in [6, 6.07) is 7.12. The highest BCUT2D eigenvalue weighted by Gasteiger charge is 2.29. The molecule has 0 bridgehead atoms. The molecular weight excluding hydrogens is 222 g/mol. The van der Waals surface area contributed by atoms with Gasteiger partial charge < -0.3 is 10.6 Å². The fourth-order valence-electron chi connectivity index (χ4n) is 3.32. The van der Waals surface area contributed by atoms with E-state index < -0.39 is 0 Å². The van der Waals surface area contributed by atoms with E-state index in [1.807, 2.05) is 0 Å². The predicted octanol–water partition coefficient (Wildman–Crippen LogP) is 2.25. The normalized spacial score (nSPS) is 24.9. The van der Waals surface area contributed by atoms with Gasteiger partial charge in [0.2, 0.25) is 0 Å². The molecule has 1 unspecified atom stereocenters. The van der Waals surface area contributed by atoms with E-state index in [2.05, 4.69) is 34.9 Å². The van der Waals surface area contributed by atoms with Gasteiger partial charge >= 0.3 is 0 Å². The molecule has 2 fully saturated rings. The van der Waals surface area contributed by atoms with Crippen molar-refractivity contribution in [1.29, 1.82) is 0 Å². The third-order valence-electron chi connectivity index (χ3n) is 4.48. The summed E-state index contributed by atoms with van der Waals surface area (Å²) in [5.41, 5.74) is 9.62. The molecule has 0 spiro atoms. The standard InChI is InChI=1S/C15H23N3/c1-12-5-4-7-14(15(12)16)18-10-9-17-8-3-2-6-13(17)11-18/h4-5,7,13H,2-3,6,8-11,16H2,1H3. The molecule has 0 aliphatic carbocycles. The van der Waals surface area contributed by atoms with Crippen LogP contribution in [0.25, 0.3) is 0 Å². The molecule has 18 heavy (non-hydrogen) atoms. The first-order chi connectivity index (χ1) is 8.75. The quantitative estimate of drug-likeness (QED) is 0.770. The van der Waals surface area contributed by atoms with Gasteiger partial charge in [0, 0.05) is 25.7 Å². The van der Waals surface area contributed by atoms with Crippen molar-refractivity contribution in [2.45, 2.75) is 32.2 Å². The maximum absolute atomic E-state index is 6.23. The number of fused-ring (bicyclic) bond motifs is 1. The number of hydrogen-bond acceptors (Lipinski definition) is 3. The van der Waals surface area contributed by atoms with E-state index in [-0.39, 0.29) is 0 Å². The average molecular weight is 245 g/mol. The van der Waals surface area contributed by atoms with E-state index >= 15 is 0 Å². The van der Waals surface area contributed by atoms with Crippen LogP contribution in [0.1, 0.15) is 24.8 Å². The van der Waals surface area contributed by atoms with Gasteiger partial charge in [0.25, 0.3) is 0 Å². The molecule has 0 radical (unpaired) electrons. The van der Waals surface area contributed by atoms with E-state index in [4.69, 9.17) is 5.73 Å². The monoisotopic (exact) mass is 245 g/mol. The van der Waals surface area contributed by atoms with Crippen LogP contribution in [-0.2, 0) is 0 Å². The zero-order valence-electron chi connectivity index (χ0n) is 11.2. The summed E-state index contributed by atoms with van der Waals surface area (Å²) in [4.78, 5) is 5.14. The number of nitrogens with zero attached hydrogens (tertiary/aromatic N) is 2. The Labute approximate surface area is 110 Å². The van der Waals surface area contributed by atoms with Crippen molar-refractivity contribution in [3.8, 4) is 0 Å². The van der Waals surface area contributed by atoms with Crippen LogP contribution >= 0.6 is 0 Å². The van der Waals surface area contributed by atoms with Crippen molar-refractivity contribution in [3.63, 3.8) is 0 Å². The van der Waals surface area contributed by atoms with Gasteiger partial charge in [-0.2, -0.15) is 0 Å². The number of benzene rings is 1. The molecule has 2 aliphatic rings. The Balaban J connectivity index is 1.79. The fraction of sp³-hybridized carbons (Fsp3) is 0.600. The maximum atomic E-state index is 6.23. The van der Waals surface area contributed by atoms with Gasteiger partial charge in [-0.1, -0.05) is 18.6 Å². The van der Waals surface area contributed by atoms with Crippen molar-refractivity contribution in [3.05, 3.63) is 23.8 Å². The van der Waals surface area contributed by atoms with Gasteiger partial charge in [-0.15, -0.1) is 0 Å². The molecule has 2 saturated heterocycles. The molecular formula is C15H23N3. The number of nitrogen functional groups attached to an aromatic ring is 1. The molecule has 3 heteroatoms. The molecule has 0 amide bonds. The summed E-state index contributed by atoms with van der Waals surface area (Å²) in [6.07, 6.45) is 4.11. The lowest BCUT2D eigenvalue weighted by atomic mass is 9.99. The molecule has 0 saturated carbocycles. The third-order valence-corrected chi connectivity index (χ3v) is 4.48. The van der Waals surface area contributed by atoms with Crippen LogP contribution in [0.3, 0.4) is 0 Å². The molecule has 3 nitrogen and oxygen atoms in total. The van der Waals surface area contributed by atoms with Crippen LogP contribution in [0.15, 0.2) is 18.2 Å². The van der Waals surface area contributed by atoms with Gasteiger partial charge in [0.1, 0.15) is 0 Å². The topological polar surface area (TPSA) is 32.5 Å². The van der Waals surface area contributed by atoms with E-state index in [0.717, 1.165) is 24.8 Å². The van der Waals surface area contributed by atoms with Gasteiger partial charge in [0.05, 0.1) is 11.4 Å². The molecule has 2 N–H and O–H groups in total. The number of anilines is 2. The molecule has 1 aromatic carbocycles. The lowest BCUT2D eigenvalue weighted by Gasteiger charge is -2.45. The van der Waals surface area contributed by atoms with Crippen LogP contribution in [-0.4, -0.2) is 37.1 Å². The first kappa shape index (κ1) is 11.8. The van der Waals surface area contributed by atoms with E-state index in [9.17, 15) is 0 Å². The van der Waals surface area contributed by atoms with Gasteiger partial charge in [0.15, 0.2) is 0 Å². The number of nitrogens with two attached hydrogens (primary N) is 1. The van der Waals surface area contributed by atoms with Gasteiger partial charge in [-0.25, -0.2) is 0 Å². The fourth-order valence-corrected chi connectivity index (χ4v) is 3.32. The second-order valence-corrected chi connectivity index (χ2v) is 5.64. The summed E-state index contributed by atoms with van der Waals surface area (Å²) in [5, 5.41) is 0. The molecule has 98 valence electrons. The Morgan fingerprint density at radius 3 is 2.94 bits per heavy atom. The smallest absolute Gasteiger partial charge is 0.0603 e. The zero-order valence-corrected chi connectivity index (χ0v) is 11.2. The first-order valence-corrected chi connectivity index (χ1v) is 7.10. The minimum absolute atomic E-state index is 0.743. The number of aryl methyl sites for hydroxylation is 1. The van der Waals surface area contributed by atoms with Crippen LogP contribution in [0.4, 0.5) is 11.4 Å². The summed E-state index contributed by atoms with van der Waals surface area (Å²) in [6.45, 7) is 6.84. The maximum Gasteiger partial charge on any atom is 0.0603 e. The molecule has 2 heterocycles. The SMILES string of the molecule is Cc1cccc(N2CCN3CCCCC3C2)c1N. The van der Waals surface area contributed by atoms with Crippen molar-refractivity contribution in [2.24, 2.45) is 0 Å². The van der Waals surface area contributed by atoms with Gasteiger partial charge in [-0.05, 0) is 37.9 Å². The van der Waals surface area contributed by atoms with Crippen molar-refractivity contribution in [1.82, 2.24) is 4.90 Å². The summed E-state index contributed by atoms with van der Waals surface area (Å²) >= 11 is 0. The zero-order chi connectivity index (χ0) is 12.5. The Kier molecular flexibility index (Phi) is 3.16. The van der Waals surface area contributed by atoms with E-state index in [1.165, 1.54) is 43.6 Å². The Hall–Kier alpha value is -1.22. The lowest BCUT2D eigenvalue weighted by molar-refractivity contribution is 0.133. The summed E-state index contributed by atoms with van der Waals surface area (Å²) < 4.78 is 0. The number of piperazine rings is 1.